The molecule has 0 aromatic heterocycles. The third-order valence-corrected chi connectivity index (χ3v) is 5.56. The minimum Gasteiger partial charge on any atom is -0.352 e. The minimum atomic E-state index is -0.295. The highest BCUT2D eigenvalue weighted by atomic mass is 16.2. The zero-order chi connectivity index (χ0) is 15.6. The quantitative estimate of drug-likeness (QED) is 0.901. The zero-order valence-corrected chi connectivity index (χ0v) is 13.8. The Labute approximate surface area is 133 Å². The third-order valence-electron chi connectivity index (χ3n) is 5.56. The number of amides is 1. The fourth-order valence-corrected chi connectivity index (χ4v) is 4.10. The number of piperidine rings is 1. The van der Waals surface area contributed by atoms with E-state index in [4.69, 9.17) is 0 Å². The highest BCUT2D eigenvalue weighted by Gasteiger charge is 2.43. The van der Waals surface area contributed by atoms with Gasteiger partial charge in [-0.25, -0.2) is 0 Å². The topological polar surface area (TPSA) is 41.1 Å². The largest absolute Gasteiger partial charge is 0.352 e. The second-order valence-electron chi connectivity index (χ2n) is 7.21. The standard InChI is InChI=1S/C19H28N2O/c1-14-6-5-7-16(12-14)19(9-3-4-10-19)18(22)21-17-8-11-20-13-15(17)2/h5-7,12,15,17,20H,3-4,8-11,13H2,1-2H3,(H,21,22). The van der Waals surface area contributed by atoms with Gasteiger partial charge in [0.25, 0.3) is 0 Å². The van der Waals surface area contributed by atoms with Crippen molar-refractivity contribution in [3.05, 3.63) is 35.4 Å². The van der Waals surface area contributed by atoms with Crippen LogP contribution in [0.5, 0.6) is 0 Å². The highest BCUT2D eigenvalue weighted by molar-refractivity contribution is 5.89. The summed E-state index contributed by atoms with van der Waals surface area (Å²) in [6.07, 6.45) is 5.33. The summed E-state index contributed by atoms with van der Waals surface area (Å²) < 4.78 is 0. The van der Waals surface area contributed by atoms with E-state index in [1.807, 2.05) is 0 Å². The van der Waals surface area contributed by atoms with Crippen molar-refractivity contribution in [3.63, 3.8) is 0 Å². The van der Waals surface area contributed by atoms with Crippen molar-refractivity contribution < 1.29 is 4.79 Å². The van der Waals surface area contributed by atoms with Crippen LogP contribution in [-0.4, -0.2) is 25.0 Å². The summed E-state index contributed by atoms with van der Waals surface area (Å²) in [5.74, 6) is 0.767. The molecule has 0 spiro atoms. The summed E-state index contributed by atoms with van der Waals surface area (Å²) >= 11 is 0. The van der Waals surface area contributed by atoms with Crippen LogP contribution in [0.1, 0.15) is 50.2 Å². The van der Waals surface area contributed by atoms with Crippen LogP contribution >= 0.6 is 0 Å². The van der Waals surface area contributed by atoms with Gasteiger partial charge in [0.1, 0.15) is 0 Å². The van der Waals surface area contributed by atoms with E-state index < -0.39 is 0 Å². The van der Waals surface area contributed by atoms with Crippen molar-refractivity contribution in [2.45, 2.75) is 57.4 Å². The molecule has 2 N–H and O–H groups in total. The fourth-order valence-electron chi connectivity index (χ4n) is 4.10. The molecule has 3 heteroatoms. The minimum absolute atomic E-state index is 0.259. The molecule has 3 nitrogen and oxygen atoms in total. The Morgan fingerprint density at radius 2 is 2.09 bits per heavy atom. The first-order chi connectivity index (χ1) is 10.6. The zero-order valence-electron chi connectivity index (χ0n) is 13.8. The van der Waals surface area contributed by atoms with E-state index in [0.29, 0.717) is 12.0 Å². The lowest BCUT2D eigenvalue weighted by Gasteiger charge is -2.35. The average Bonchev–Trinajstić information content (AvgIpc) is 3.00. The molecule has 1 amide bonds. The van der Waals surface area contributed by atoms with Crippen LogP contribution in [0.25, 0.3) is 0 Å². The number of hydrogen-bond donors (Lipinski definition) is 2. The van der Waals surface area contributed by atoms with Gasteiger partial charge in [0.2, 0.25) is 5.91 Å². The molecule has 2 atom stereocenters. The Kier molecular flexibility index (Phi) is 4.53. The molecule has 2 aliphatic rings. The molecule has 22 heavy (non-hydrogen) atoms. The number of carbonyl (C=O) groups excluding carboxylic acids is 1. The summed E-state index contributed by atoms with van der Waals surface area (Å²) in [4.78, 5) is 13.2. The SMILES string of the molecule is Cc1cccc(C2(C(=O)NC3CCNCC3C)CCCC2)c1. The van der Waals surface area contributed by atoms with Crippen LogP contribution in [0.2, 0.25) is 0 Å². The number of hydrogen-bond acceptors (Lipinski definition) is 2. The number of aryl methyl sites for hydroxylation is 1. The van der Waals surface area contributed by atoms with E-state index in [2.05, 4.69) is 48.7 Å². The van der Waals surface area contributed by atoms with Crippen molar-refractivity contribution >= 4 is 5.91 Å². The monoisotopic (exact) mass is 300 g/mol. The lowest BCUT2D eigenvalue weighted by molar-refractivity contribution is -0.127. The summed E-state index contributed by atoms with van der Waals surface area (Å²) in [5.41, 5.74) is 2.16. The number of nitrogens with one attached hydrogen (secondary N) is 2. The van der Waals surface area contributed by atoms with Gasteiger partial charge in [0.15, 0.2) is 0 Å². The highest BCUT2D eigenvalue weighted by Crippen LogP contribution is 2.41. The van der Waals surface area contributed by atoms with E-state index in [0.717, 1.165) is 45.2 Å². The first kappa shape index (κ1) is 15.5. The number of benzene rings is 1. The van der Waals surface area contributed by atoms with Crippen LogP contribution in [-0.2, 0) is 10.2 Å². The molecule has 2 unspecified atom stereocenters. The molecule has 1 heterocycles. The van der Waals surface area contributed by atoms with Gasteiger partial charge in [0, 0.05) is 6.04 Å². The normalized spacial score (nSPS) is 27.5. The first-order valence-electron chi connectivity index (χ1n) is 8.71. The van der Waals surface area contributed by atoms with Gasteiger partial charge in [-0.3, -0.25) is 4.79 Å². The van der Waals surface area contributed by atoms with E-state index in [1.165, 1.54) is 11.1 Å². The van der Waals surface area contributed by atoms with Gasteiger partial charge in [-0.05, 0) is 50.8 Å². The van der Waals surface area contributed by atoms with Crippen LogP contribution in [0.3, 0.4) is 0 Å². The van der Waals surface area contributed by atoms with Crippen molar-refractivity contribution in [2.24, 2.45) is 5.92 Å². The summed E-state index contributed by atoms with van der Waals surface area (Å²) in [5, 5.41) is 6.80. The molecule has 120 valence electrons. The molecule has 1 aliphatic heterocycles. The Hall–Kier alpha value is -1.35. The van der Waals surface area contributed by atoms with Crippen LogP contribution < -0.4 is 10.6 Å². The second kappa shape index (κ2) is 6.41. The van der Waals surface area contributed by atoms with Gasteiger partial charge in [0.05, 0.1) is 5.41 Å². The lowest BCUT2D eigenvalue weighted by Crippen LogP contribution is -2.53. The molecule has 1 saturated heterocycles. The van der Waals surface area contributed by atoms with Gasteiger partial charge in [-0.15, -0.1) is 0 Å². The van der Waals surface area contributed by atoms with E-state index in [1.54, 1.807) is 0 Å². The average molecular weight is 300 g/mol. The summed E-state index contributed by atoms with van der Waals surface area (Å²) in [6, 6.07) is 8.86. The van der Waals surface area contributed by atoms with Gasteiger partial charge >= 0.3 is 0 Å². The summed E-state index contributed by atoms with van der Waals surface area (Å²) in [7, 11) is 0. The molecular formula is C19H28N2O. The van der Waals surface area contributed by atoms with Gasteiger partial charge in [-0.1, -0.05) is 49.6 Å². The molecule has 0 radical (unpaired) electrons. The third kappa shape index (κ3) is 2.91. The molecule has 1 aliphatic carbocycles. The Bertz CT molecular complexity index is 534. The maximum atomic E-state index is 13.2. The van der Waals surface area contributed by atoms with Gasteiger partial charge < -0.3 is 10.6 Å². The maximum absolute atomic E-state index is 13.2. The van der Waals surface area contributed by atoms with Crippen molar-refractivity contribution in [3.8, 4) is 0 Å². The molecular weight excluding hydrogens is 272 g/mol. The number of carbonyl (C=O) groups is 1. The van der Waals surface area contributed by atoms with E-state index in [-0.39, 0.29) is 11.3 Å². The molecule has 1 aromatic carbocycles. The van der Waals surface area contributed by atoms with E-state index in [9.17, 15) is 4.79 Å². The van der Waals surface area contributed by atoms with Crippen LogP contribution in [0.15, 0.2) is 24.3 Å². The first-order valence-corrected chi connectivity index (χ1v) is 8.71. The lowest BCUT2D eigenvalue weighted by atomic mass is 9.77. The smallest absolute Gasteiger partial charge is 0.230 e. The van der Waals surface area contributed by atoms with Crippen molar-refractivity contribution in [2.75, 3.05) is 13.1 Å². The fraction of sp³-hybridized carbons (Fsp3) is 0.632. The molecule has 1 saturated carbocycles. The van der Waals surface area contributed by atoms with Gasteiger partial charge in [-0.2, -0.15) is 0 Å². The van der Waals surface area contributed by atoms with Crippen molar-refractivity contribution in [1.29, 1.82) is 0 Å². The van der Waals surface area contributed by atoms with Crippen molar-refractivity contribution in [1.82, 2.24) is 10.6 Å². The van der Waals surface area contributed by atoms with Crippen LogP contribution in [0.4, 0.5) is 0 Å². The van der Waals surface area contributed by atoms with E-state index >= 15 is 0 Å². The molecule has 2 fully saturated rings. The Balaban J connectivity index is 1.82. The molecule has 3 rings (SSSR count). The predicted molar refractivity (Wildman–Crippen MR) is 89.9 cm³/mol. The predicted octanol–water partition coefficient (Wildman–Crippen LogP) is 2.92. The molecule has 1 aromatic rings. The second-order valence-corrected chi connectivity index (χ2v) is 7.21. The summed E-state index contributed by atoms with van der Waals surface area (Å²) in [6.45, 7) is 6.35. The maximum Gasteiger partial charge on any atom is 0.230 e. The molecule has 0 bridgehead atoms. The number of rotatable bonds is 3. The Morgan fingerprint density at radius 3 is 2.77 bits per heavy atom. The van der Waals surface area contributed by atoms with Crippen LogP contribution in [0, 0.1) is 12.8 Å². The Morgan fingerprint density at radius 1 is 1.32 bits per heavy atom.